The average molecular weight is 265 g/mol. The lowest BCUT2D eigenvalue weighted by atomic mass is 9.80. The predicted molar refractivity (Wildman–Crippen MR) is 72.1 cm³/mol. The molecule has 0 saturated heterocycles. The molecule has 0 aliphatic heterocycles. The van der Waals surface area contributed by atoms with Crippen LogP contribution < -0.4 is 5.32 Å². The number of hydrogen-bond acceptors (Lipinski definition) is 3. The molecule has 0 unspecified atom stereocenters. The minimum absolute atomic E-state index is 0.0188. The fourth-order valence-electron chi connectivity index (χ4n) is 2.70. The van der Waals surface area contributed by atoms with E-state index in [1.807, 2.05) is 6.07 Å². The van der Waals surface area contributed by atoms with E-state index in [1.165, 1.54) is 23.3 Å². The van der Waals surface area contributed by atoms with Crippen LogP contribution in [-0.4, -0.2) is 23.2 Å². The number of carbonyl (C=O) groups excluding carboxylic acids is 1. The van der Waals surface area contributed by atoms with Crippen LogP contribution >= 0.6 is 11.3 Å². The molecule has 2 N–H and O–H groups in total. The maximum Gasteiger partial charge on any atom is 0.261 e. The highest BCUT2D eigenvalue weighted by molar-refractivity contribution is 7.14. The monoisotopic (exact) mass is 265 g/mol. The van der Waals surface area contributed by atoms with Gasteiger partial charge in [-0.2, -0.15) is 0 Å². The molecular formula is C14H19NO2S. The molecule has 1 aromatic heterocycles. The fourth-order valence-corrected chi connectivity index (χ4v) is 3.87. The minimum atomic E-state index is -0.632. The van der Waals surface area contributed by atoms with E-state index in [-0.39, 0.29) is 5.91 Å². The highest BCUT2D eigenvalue weighted by Gasteiger charge is 2.34. The number of fused-ring (bicyclic) bond motifs is 1. The summed E-state index contributed by atoms with van der Waals surface area (Å²) in [6.07, 6.45) is 7.42. The zero-order valence-electron chi connectivity index (χ0n) is 10.5. The highest BCUT2D eigenvalue weighted by Crippen LogP contribution is 2.32. The summed E-state index contributed by atoms with van der Waals surface area (Å²) in [6.45, 7) is 0.397. The smallest absolute Gasteiger partial charge is 0.261 e. The number of nitrogens with one attached hydrogen (secondary N) is 1. The first-order valence-electron chi connectivity index (χ1n) is 6.78. The normalized spacial score (nSPS) is 20.9. The molecule has 1 heterocycles. The van der Waals surface area contributed by atoms with Gasteiger partial charge >= 0.3 is 0 Å². The summed E-state index contributed by atoms with van der Waals surface area (Å²) in [5.74, 6) is -0.0188. The van der Waals surface area contributed by atoms with E-state index >= 15 is 0 Å². The van der Waals surface area contributed by atoms with E-state index in [9.17, 15) is 9.90 Å². The van der Waals surface area contributed by atoms with Crippen LogP contribution in [0, 0.1) is 0 Å². The molecular weight excluding hydrogens is 246 g/mol. The van der Waals surface area contributed by atoms with Crippen molar-refractivity contribution in [2.24, 2.45) is 0 Å². The molecule has 4 heteroatoms. The van der Waals surface area contributed by atoms with Crippen molar-refractivity contribution in [2.75, 3.05) is 6.54 Å². The molecule has 1 saturated carbocycles. The van der Waals surface area contributed by atoms with Crippen LogP contribution in [0.15, 0.2) is 6.07 Å². The molecule has 3 nitrogen and oxygen atoms in total. The molecule has 0 aromatic carbocycles. The van der Waals surface area contributed by atoms with Gasteiger partial charge in [0.1, 0.15) is 0 Å². The van der Waals surface area contributed by atoms with Gasteiger partial charge in [0, 0.05) is 11.4 Å². The van der Waals surface area contributed by atoms with Gasteiger partial charge < -0.3 is 10.4 Å². The number of thiophene rings is 1. The van der Waals surface area contributed by atoms with Gasteiger partial charge in [0.25, 0.3) is 5.91 Å². The van der Waals surface area contributed by atoms with Gasteiger partial charge in [-0.05, 0) is 56.6 Å². The molecule has 3 rings (SSSR count). The molecule has 2 aliphatic rings. The Bertz CT molecular complexity index is 439. The van der Waals surface area contributed by atoms with Gasteiger partial charge in [-0.15, -0.1) is 11.3 Å². The summed E-state index contributed by atoms with van der Waals surface area (Å²) in [5, 5.41) is 12.8. The van der Waals surface area contributed by atoms with Crippen molar-refractivity contribution in [2.45, 2.75) is 50.5 Å². The van der Waals surface area contributed by atoms with Gasteiger partial charge in [-0.1, -0.05) is 0 Å². The zero-order valence-corrected chi connectivity index (χ0v) is 11.3. The molecule has 18 heavy (non-hydrogen) atoms. The van der Waals surface area contributed by atoms with Crippen molar-refractivity contribution >= 4 is 17.2 Å². The highest BCUT2D eigenvalue weighted by atomic mass is 32.1. The van der Waals surface area contributed by atoms with Gasteiger partial charge in [0.05, 0.1) is 10.5 Å². The van der Waals surface area contributed by atoms with E-state index in [4.69, 9.17) is 0 Å². The lowest BCUT2D eigenvalue weighted by Crippen LogP contribution is -2.47. The fraction of sp³-hybridized carbons (Fsp3) is 0.643. The molecule has 0 atom stereocenters. The van der Waals surface area contributed by atoms with E-state index < -0.39 is 5.60 Å². The van der Waals surface area contributed by atoms with Crippen molar-refractivity contribution < 1.29 is 9.90 Å². The number of carbonyl (C=O) groups is 1. The lowest BCUT2D eigenvalue weighted by molar-refractivity contribution is -0.0300. The molecule has 1 fully saturated rings. The molecule has 1 amide bonds. The average Bonchev–Trinajstić information content (AvgIpc) is 2.77. The Morgan fingerprint density at radius 1 is 1.33 bits per heavy atom. The standard InChI is InChI=1S/C14H19NO2S/c16-13(15-9-14(17)6-3-7-14)12-8-10-4-1-2-5-11(10)18-12/h8,17H,1-7,9H2,(H,15,16). The van der Waals surface area contributed by atoms with E-state index in [0.717, 1.165) is 37.0 Å². The molecule has 98 valence electrons. The Hall–Kier alpha value is -0.870. The molecule has 1 aromatic rings. The summed E-state index contributed by atoms with van der Waals surface area (Å²) in [4.78, 5) is 14.2. The van der Waals surface area contributed by atoms with Crippen molar-refractivity contribution in [3.63, 3.8) is 0 Å². The van der Waals surface area contributed by atoms with Gasteiger partial charge in [-0.25, -0.2) is 0 Å². The second-order valence-corrected chi connectivity index (χ2v) is 6.66. The number of hydrogen-bond donors (Lipinski definition) is 2. The molecule has 0 spiro atoms. The SMILES string of the molecule is O=C(NCC1(O)CCC1)c1cc2c(s1)CCCC2. The van der Waals surface area contributed by atoms with Crippen LogP contribution in [0.2, 0.25) is 0 Å². The van der Waals surface area contributed by atoms with Crippen molar-refractivity contribution in [3.8, 4) is 0 Å². The maximum absolute atomic E-state index is 12.0. The number of rotatable bonds is 3. The number of amides is 1. The Balaban J connectivity index is 1.63. The molecule has 0 bridgehead atoms. The first kappa shape index (κ1) is 12.2. The third-order valence-corrected chi connectivity index (χ3v) is 5.32. The summed E-state index contributed by atoms with van der Waals surface area (Å²) >= 11 is 1.63. The second kappa shape index (κ2) is 4.67. The Morgan fingerprint density at radius 3 is 2.78 bits per heavy atom. The third-order valence-electron chi connectivity index (χ3n) is 4.08. The maximum atomic E-state index is 12.0. The topological polar surface area (TPSA) is 49.3 Å². The van der Waals surface area contributed by atoms with Crippen molar-refractivity contribution in [1.82, 2.24) is 5.32 Å². The summed E-state index contributed by atoms with van der Waals surface area (Å²) in [6, 6.07) is 2.04. The summed E-state index contributed by atoms with van der Waals surface area (Å²) < 4.78 is 0. The van der Waals surface area contributed by atoms with Crippen LogP contribution in [-0.2, 0) is 12.8 Å². The van der Waals surface area contributed by atoms with Crippen LogP contribution in [0.5, 0.6) is 0 Å². The zero-order chi connectivity index (χ0) is 12.6. The second-order valence-electron chi connectivity index (χ2n) is 5.53. The predicted octanol–water partition coefficient (Wildman–Crippen LogP) is 2.27. The van der Waals surface area contributed by atoms with Crippen molar-refractivity contribution in [1.29, 1.82) is 0 Å². The van der Waals surface area contributed by atoms with E-state index in [2.05, 4.69) is 5.32 Å². The lowest BCUT2D eigenvalue weighted by Gasteiger charge is -2.36. The number of aliphatic hydroxyl groups is 1. The minimum Gasteiger partial charge on any atom is -0.388 e. The Kier molecular flexibility index (Phi) is 3.16. The van der Waals surface area contributed by atoms with Crippen LogP contribution in [0.25, 0.3) is 0 Å². The quantitative estimate of drug-likeness (QED) is 0.881. The van der Waals surface area contributed by atoms with Crippen LogP contribution in [0.1, 0.15) is 52.2 Å². The molecule has 2 aliphatic carbocycles. The van der Waals surface area contributed by atoms with Crippen LogP contribution in [0.3, 0.4) is 0 Å². The van der Waals surface area contributed by atoms with Crippen molar-refractivity contribution in [3.05, 3.63) is 21.4 Å². The first-order valence-corrected chi connectivity index (χ1v) is 7.60. The Labute approximate surface area is 111 Å². The van der Waals surface area contributed by atoms with Gasteiger partial charge in [-0.3, -0.25) is 4.79 Å². The summed E-state index contributed by atoms with van der Waals surface area (Å²) in [7, 11) is 0. The van der Waals surface area contributed by atoms with Gasteiger partial charge in [0.2, 0.25) is 0 Å². The van der Waals surface area contributed by atoms with Crippen LogP contribution in [0.4, 0.5) is 0 Å². The first-order chi connectivity index (χ1) is 8.66. The summed E-state index contributed by atoms with van der Waals surface area (Å²) in [5.41, 5.74) is 0.728. The third kappa shape index (κ3) is 2.31. The van der Waals surface area contributed by atoms with Gasteiger partial charge in [0.15, 0.2) is 0 Å². The van der Waals surface area contributed by atoms with E-state index in [0.29, 0.717) is 6.54 Å². The molecule has 0 radical (unpaired) electrons. The largest absolute Gasteiger partial charge is 0.388 e. The number of aryl methyl sites for hydroxylation is 2. The Morgan fingerprint density at radius 2 is 2.11 bits per heavy atom. The van der Waals surface area contributed by atoms with E-state index in [1.54, 1.807) is 11.3 Å².